The van der Waals surface area contributed by atoms with Gasteiger partial charge in [-0.15, -0.1) is 0 Å². The molecule has 0 atom stereocenters. The summed E-state index contributed by atoms with van der Waals surface area (Å²) >= 11 is 12.8. The van der Waals surface area contributed by atoms with Crippen LogP contribution in [0.2, 0.25) is 5.02 Å². The van der Waals surface area contributed by atoms with Crippen molar-refractivity contribution in [3.8, 4) is 0 Å². The number of hydrogen-bond donors (Lipinski definition) is 1. The van der Waals surface area contributed by atoms with E-state index in [1.165, 1.54) is 14.2 Å². The lowest BCUT2D eigenvalue weighted by Crippen LogP contribution is -2.16. The Morgan fingerprint density at radius 2 is 1.90 bits per heavy atom. The number of carbonyl (C=O) groups excluding carboxylic acids is 2. The standard InChI is InChI=1S/C13H12Br2ClNO4/c1-6-4-7(14)11(16)10(15)12(6)17-8(13(19)21-3)5-9(18)20-2/h4-5,17H,1-3H3/b8-5+. The fourth-order valence-corrected chi connectivity index (χ4v) is 3.02. The minimum atomic E-state index is -0.703. The van der Waals surface area contributed by atoms with Gasteiger partial charge in [0, 0.05) is 4.47 Å². The van der Waals surface area contributed by atoms with Gasteiger partial charge in [0.25, 0.3) is 0 Å². The van der Waals surface area contributed by atoms with Crippen molar-refractivity contribution in [1.82, 2.24) is 0 Å². The minimum Gasteiger partial charge on any atom is -0.466 e. The molecule has 0 amide bonds. The van der Waals surface area contributed by atoms with Gasteiger partial charge in [-0.2, -0.15) is 0 Å². The number of anilines is 1. The molecule has 0 aliphatic carbocycles. The SMILES string of the molecule is COC(=O)/C=C(/Nc1c(C)cc(Br)c(Cl)c1Br)C(=O)OC. The highest BCUT2D eigenvalue weighted by Gasteiger charge is 2.18. The molecule has 8 heteroatoms. The predicted octanol–water partition coefficient (Wildman–Crippen LogP) is 3.82. The van der Waals surface area contributed by atoms with Gasteiger partial charge in [0.15, 0.2) is 0 Å². The lowest BCUT2D eigenvalue weighted by Gasteiger charge is -2.15. The maximum atomic E-state index is 11.7. The molecule has 0 aliphatic rings. The van der Waals surface area contributed by atoms with E-state index in [0.717, 1.165) is 11.6 Å². The van der Waals surface area contributed by atoms with Crippen molar-refractivity contribution in [2.45, 2.75) is 6.92 Å². The number of ether oxygens (including phenoxy) is 2. The van der Waals surface area contributed by atoms with Gasteiger partial charge in [0.1, 0.15) is 5.70 Å². The van der Waals surface area contributed by atoms with E-state index in [1.54, 1.807) is 6.07 Å². The average Bonchev–Trinajstić information content (AvgIpc) is 2.46. The second kappa shape index (κ2) is 7.82. The maximum Gasteiger partial charge on any atom is 0.354 e. The van der Waals surface area contributed by atoms with Crippen LogP contribution in [0.15, 0.2) is 26.8 Å². The third-order valence-electron chi connectivity index (χ3n) is 2.49. The van der Waals surface area contributed by atoms with Crippen molar-refractivity contribution in [3.05, 3.63) is 37.4 Å². The smallest absolute Gasteiger partial charge is 0.354 e. The van der Waals surface area contributed by atoms with Gasteiger partial charge < -0.3 is 14.8 Å². The zero-order valence-corrected chi connectivity index (χ0v) is 15.3. The molecule has 21 heavy (non-hydrogen) atoms. The third kappa shape index (κ3) is 4.46. The second-order valence-corrected chi connectivity index (χ2v) is 5.90. The molecule has 1 aromatic rings. The summed E-state index contributed by atoms with van der Waals surface area (Å²) in [4.78, 5) is 23.1. The van der Waals surface area contributed by atoms with E-state index in [-0.39, 0.29) is 5.70 Å². The lowest BCUT2D eigenvalue weighted by atomic mass is 10.2. The quantitative estimate of drug-likeness (QED) is 0.437. The fraction of sp³-hybridized carbons (Fsp3) is 0.231. The van der Waals surface area contributed by atoms with Gasteiger partial charge in [-0.25, -0.2) is 9.59 Å². The highest BCUT2D eigenvalue weighted by atomic mass is 79.9. The molecule has 0 spiro atoms. The number of halogens is 3. The molecule has 0 saturated carbocycles. The van der Waals surface area contributed by atoms with Crippen molar-refractivity contribution in [1.29, 1.82) is 0 Å². The molecular weight excluding hydrogens is 429 g/mol. The molecule has 0 heterocycles. The molecule has 0 unspecified atom stereocenters. The molecule has 1 aromatic carbocycles. The first kappa shape index (κ1) is 18.0. The van der Waals surface area contributed by atoms with Crippen LogP contribution in [0.4, 0.5) is 5.69 Å². The van der Waals surface area contributed by atoms with Crippen LogP contribution in [0.3, 0.4) is 0 Å². The van der Waals surface area contributed by atoms with Gasteiger partial charge in [0.2, 0.25) is 0 Å². The number of carbonyl (C=O) groups is 2. The highest BCUT2D eigenvalue weighted by molar-refractivity contribution is 9.11. The monoisotopic (exact) mass is 439 g/mol. The fourth-order valence-electron chi connectivity index (χ4n) is 1.43. The maximum absolute atomic E-state index is 11.7. The summed E-state index contributed by atoms with van der Waals surface area (Å²) < 4.78 is 10.4. The number of nitrogens with one attached hydrogen (secondary N) is 1. The first-order chi connectivity index (χ1) is 9.81. The van der Waals surface area contributed by atoms with Crippen LogP contribution in [0.25, 0.3) is 0 Å². The van der Waals surface area contributed by atoms with E-state index in [2.05, 4.69) is 46.7 Å². The first-order valence-electron chi connectivity index (χ1n) is 5.60. The Labute approximate surface area is 143 Å². The molecule has 0 radical (unpaired) electrons. The highest BCUT2D eigenvalue weighted by Crippen LogP contribution is 2.39. The number of rotatable bonds is 4. The van der Waals surface area contributed by atoms with Crippen LogP contribution in [0.5, 0.6) is 0 Å². The van der Waals surface area contributed by atoms with Crippen LogP contribution < -0.4 is 5.32 Å². The lowest BCUT2D eigenvalue weighted by molar-refractivity contribution is -0.138. The Morgan fingerprint density at radius 1 is 1.29 bits per heavy atom. The summed E-state index contributed by atoms with van der Waals surface area (Å²) in [5, 5.41) is 3.27. The number of hydrogen-bond acceptors (Lipinski definition) is 5. The normalized spacial score (nSPS) is 11.0. The van der Waals surface area contributed by atoms with E-state index in [9.17, 15) is 9.59 Å². The van der Waals surface area contributed by atoms with Crippen LogP contribution in [0, 0.1) is 6.92 Å². The van der Waals surface area contributed by atoms with Crippen molar-refractivity contribution >= 4 is 61.1 Å². The summed E-state index contributed by atoms with van der Waals surface area (Å²) in [7, 11) is 2.43. The van der Waals surface area contributed by atoms with Gasteiger partial charge in [-0.3, -0.25) is 0 Å². The summed E-state index contributed by atoms with van der Waals surface area (Å²) in [6, 6.07) is 1.78. The second-order valence-electron chi connectivity index (χ2n) is 3.88. The largest absolute Gasteiger partial charge is 0.466 e. The molecule has 0 saturated heterocycles. The Morgan fingerprint density at radius 3 is 2.43 bits per heavy atom. The Balaban J connectivity index is 3.28. The molecule has 0 bridgehead atoms. The molecule has 5 nitrogen and oxygen atoms in total. The number of esters is 2. The summed E-state index contributed by atoms with van der Waals surface area (Å²) in [5.41, 5.74) is 1.29. The summed E-state index contributed by atoms with van der Waals surface area (Å²) in [5.74, 6) is -1.38. The third-order valence-corrected chi connectivity index (χ3v) is 4.76. The number of benzene rings is 1. The molecule has 0 aliphatic heterocycles. The van der Waals surface area contributed by atoms with Gasteiger partial charge in [0.05, 0.1) is 35.5 Å². The topological polar surface area (TPSA) is 64.6 Å². The van der Waals surface area contributed by atoms with Gasteiger partial charge >= 0.3 is 11.9 Å². The summed E-state index contributed by atoms with van der Waals surface area (Å²) in [6.07, 6.45) is 1.01. The Hall–Kier alpha value is -1.05. The Kier molecular flexibility index (Phi) is 6.70. The summed E-state index contributed by atoms with van der Waals surface area (Å²) in [6.45, 7) is 1.82. The van der Waals surface area contributed by atoms with Crippen LogP contribution in [0.1, 0.15) is 5.56 Å². The predicted molar refractivity (Wildman–Crippen MR) is 87.3 cm³/mol. The first-order valence-corrected chi connectivity index (χ1v) is 7.57. The van der Waals surface area contributed by atoms with E-state index < -0.39 is 11.9 Å². The number of aryl methyl sites for hydroxylation is 1. The average molecular weight is 442 g/mol. The number of methoxy groups -OCH3 is 2. The van der Waals surface area contributed by atoms with E-state index >= 15 is 0 Å². The Bertz CT molecular complexity index is 617. The molecule has 1 N–H and O–H groups in total. The zero-order valence-electron chi connectivity index (χ0n) is 11.4. The molecular formula is C13H12Br2ClNO4. The molecule has 114 valence electrons. The van der Waals surface area contributed by atoms with Gasteiger partial charge in [-0.05, 0) is 50.4 Å². The minimum absolute atomic E-state index is 0.0634. The van der Waals surface area contributed by atoms with Crippen molar-refractivity contribution < 1.29 is 19.1 Å². The molecule has 0 aromatic heterocycles. The molecule has 1 rings (SSSR count). The van der Waals surface area contributed by atoms with Crippen molar-refractivity contribution in [3.63, 3.8) is 0 Å². The molecule has 0 fully saturated rings. The van der Waals surface area contributed by atoms with E-state index in [0.29, 0.717) is 19.7 Å². The van der Waals surface area contributed by atoms with Crippen LogP contribution >= 0.6 is 43.5 Å². The van der Waals surface area contributed by atoms with Crippen molar-refractivity contribution in [2.75, 3.05) is 19.5 Å². The van der Waals surface area contributed by atoms with Crippen LogP contribution in [-0.4, -0.2) is 26.2 Å². The van der Waals surface area contributed by atoms with E-state index in [4.69, 9.17) is 11.6 Å². The zero-order chi connectivity index (χ0) is 16.2. The van der Waals surface area contributed by atoms with E-state index in [1.807, 2.05) is 6.92 Å². The van der Waals surface area contributed by atoms with Crippen LogP contribution in [-0.2, 0) is 19.1 Å². The van der Waals surface area contributed by atoms with Gasteiger partial charge in [-0.1, -0.05) is 11.6 Å². The van der Waals surface area contributed by atoms with Crippen molar-refractivity contribution in [2.24, 2.45) is 0 Å².